The number of para-hydroxylation sites is 1. The van der Waals surface area contributed by atoms with Gasteiger partial charge in [0, 0.05) is 45.3 Å². The number of hydrazone groups is 1. The molecule has 1 aliphatic heterocycles. The number of non-ortho nitro benzene ring substituents is 1. The van der Waals surface area contributed by atoms with E-state index in [1.54, 1.807) is 48.5 Å². The zero-order chi connectivity index (χ0) is 41.6. The number of amidine groups is 2. The average Bonchev–Trinajstić information content (AvgIpc) is 3.83. The van der Waals surface area contributed by atoms with Crippen LogP contribution in [0.25, 0.3) is 28.2 Å². The van der Waals surface area contributed by atoms with Crippen molar-refractivity contribution in [2.24, 2.45) is 20.3 Å². The van der Waals surface area contributed by atoms with Crippen LogP contribution >= 0.6 is 0 Å². The Morgan fingerprint density at radius 3 is 2.18 bits per heavy atom. The van der Waals surface area contributed by atoms with Crippen LogP contribution in [0.5, 0.6) is 11.5 Å². The molecular weight excluding hydrogens is 761 g/mol. The van der Waals surface area contributed by atoms with Gasteiger partial charge in [-0.25, -0.2) is 10.4 Å². The molecule has 2 heterocycles. The number of rotatable bonds is 11. The number of nitro groups is 1. The Balaban J connectivity index is 1.10. The van der Waals surface area contributed by atoms with E-state index in [0.717, 1.165) is 33.3 Å². The summed E-state index contributed by atoms with van der Waals surface area (Å²) in [7, 11) is 2.97. The van der Waals surface area contributed by atoms with Gasteiger partial charge < -0.3 is 14.5 Å². The standard InChI is InChI=1S/C46H34N8O6/c1-59-40-25-22-32(26-41(40)60-2)43(50-49-33-16-11-17-35(27-33)54(57)58)51-52-45(55)31-20-23-34(24-21-31)53-44(30-14-7-4-8-15-30)48-39(46(53)56)28-37-36-18-9-10-19-38(36)47-42(37)29-12-5-3-6-13-29/h3-28,47H,1-2H3,(H,52,55)/b39-28-,50-49?,51-43+. The first kappa shape index (κ1) is 38.4. The Morgan fingerprint density at radius 2 is 1.47 bits per heavy atom. The molecule has 6 aromatic carbocycles. The number of anilines is 1. The summed E-state index contributed by atoms with van der Waals surface area (Å²) >= 11 is 0. The molecule has 0 atom stereocenters. The Morgan fingerprint density at radius 1 is 0.783 bits per heavy atom. The zero-order valence-corrected chi connectivity index (χ0v) is 32.1. The van der Waals surface area contributed by atoms with Gasteiger partial charge in [0.15, 0.2) is 11.5 Å². The number of aromatic amines is 1. The SMILES string of the molecule is COc1ccc(/C(N=Nc2cccc([N+](=O)[O-])c2)=N\NC(=O)c2ccc(N3C(=O)/C(=C/c4c(-c5ccccc5)[nH]c5ccccc45)N=C3c3ccccc3)cc2)cc1OC. The molecule has 7 aromatic rings. The summed E-state index contributed by atoms with van der Waals surface area (Å²) in [4.78, 5) is 48.7. The van der Waals surface area contributed by atoms with E-state index in [9.17, 15) is 19.7 Å². The van der Waals surface area contributed by atoms with Crippen LogP contribution in [0.4, 0.5) is 17.1 Å². The molecule has 0 saturated heterocycles. The molecule has 0 bridgehead atoms. The Bertz CT molecular complexity index is 2890. The number of nitrogens with zero attached hydrogens (tertiary/aromatic N) is 6. The van der Waals surface area contributed by atoms with Crippen LogP contribution in [0.15, 0.2) is 178 Å². The van der Waals surface area contributed by atoms with E-state index >= 15 is 0 Å². The maximum absolute atomic E-state index is 14.4. The topological polar surface area (TPSA) is 176 Å². The van der Waals surface area contributed by atoms with Crippen molar-refractivity contribution >= 4 is 57.5 Å². The van der Waals surface area contributed by atoms with Gasteiger partial charge in [-0.3, -0.25) is 24.6 Å². The van der Waals surface area contributed by atoms with Crippen LogP contribution in [0, 0.1) is 10.1 Å². The number of hydrogen-bond acceptors (Lipinski definition) is 9. The second-order valence-electron chi connectivity index (χ2n) is 13.3. The van der Waals surface area contributed by atoms with Crippen molar-refractivity contribution in [1.82, 2.24) is 10.4 Å². The summed E-state index contributed by atoms with van der Waals surface area (Å²) in [5, 5.41) is 24.9. The molecule has 0 saturated carbocycles. The first-order chi connectivity index (χ1) is 29.3. The number of fused-ring (bicyclic) bond motifs is 1. The molecule has 8 rings (SSSR count). The number of methoxy groups -OCH3 is 2. The number of amides is 2. The van der Waals surface area contributed by atoms with Crippen molar-refractivity contribution in [2.45, 2.75) is 0 Å². The van der Waals surface area contributed by atoms with E-state index in [4.69, 9.17) is 14.5 Å². The number of aromatic nitrogens is 1. The van der Waals surface area contributed by atoms with Gasteiger partial charge in [0.1, 0.15) is 11.5 Å². The van der Waals surface area contributed by atoms with Gasteiger partial charge in [-0.1, -0.05) is 84.9 Å². The van der Waals surface area contributed by atoms with Crippen LogP contribution in [0.2, 0.25) is 0 Å². The molecule has 0 radical (unpaired) electrons. The van der Waals surface area contributed by atoms with Crippen molar-refractivity contribution in [1.29, 1.82) is 0 Å². The number of H-pyrrole nitrogens is 1. The van der Waals surface area contributed by atoms with Gasteiger partial charge in [0.25, 0.3) is 17.5 Å². The zero-order valence-electron chi connectivity index (χ0n) is 32.1. The van der Waals surface area contributed by atoms with E-state index in [-0.39, 0.29) is 34.4 Å². The lowest BCUT2D eigenvalue weighted by atomic mass is 10.0. The lowest BCUT2D eigenvalue weighted by Gasteiger charge is -2.19. The molecule has 2 N–H and O–H groups in total. The van der Waals surface area contributed by atoms with E-state index < -0.39 is 10.8 Å². The van der Waals surface area contributed by atoms with Crippen molar-refractivity contribution in [3.63, 3.8) is 0 Å². The van der Waals surface area contributed by atoms with Gasteiger partial charge in [0.05, 0.1) is 36.2 Å². The van der Waals surface area contributed by atoms with Gasteiger partial charge in [0.2, 0.25) is 5.84 Å². The maximum Gasteiger partial charge on any atom is 0.282 e. The highest BCUT2D eigenvalue weighted by molar-refractivity contribution is 6.33. The minimum Gasteiger partial charge on any atom is -0.493 e. The lowest BCUT2D eigenvalue weighted by Crippen LogP contribution is -2.32. The molecule has 0 unspecified atom stereocenters. The van der Waals surface area contributed by atoms with E-state index in [1.165, 1.54) is 37.3 Å². The van der Waals surface area contributed by atoms with Crippen LogP contribution in [0.3, 0.4) is 0 Å². The van der Waals surface area contributed by atoms with Gasteiger partial charge in [-0.2, -0.15) is 0 Å². The van der Waals surface area contributed by atoms with Crippen molar-refractivity contribution < 1.29 is 24.0 Å². The quantitative estimate of drug-likeness (QED) is 0.0329. The predicted octanol–water partition coefficient (Wildman–Crippen LogP) is 9.47. The van der Waals surface area contributed by atoms with Gasteiger partial charge in [-0.15, -0.1) is 15.3 Å². The number of hydrogen-bond donors (Lipinski definition) is 2. The van der Waals surface area contributed by atoms with Crippen LogP contribution in [-0.2, 0) is 4.79 Å². The largest absolute Gasteiger partial charge is 0.493 e. The first-order valence-electron chi connectivity index (χ1n) is 18.5. The number of benzene rings is 6. The predicted molar refractivity (Wildman–Crippen MR) is 230 cm³/mol. The van der Waals surface area contributed by atoms with Crippen LogP contribution in [0.1, 0.15) is 27.0 Å². The van der Waals surface area contributed by atoms with Crippen LogP contribution < -0.4 is 19.8 Å². The molecule has 1 aliphatic rings. The second kappa shape index (κ2) is 16.9. The Kier molecular flexibility index (Phi) is 10.8. The normalized spacial score (nSPS) is 13.5. The summed E-state index contributed by atoms with van der Waals surface area (Å²) in [6.45, 7) is 0. The number of nitrogens with one attached hydrogen (secondary N) is 2. The third-order valence-corrected chi connectivity index (χ3v) is 9.58. The lowest BCUT2D eigenvalue weighted by molar-refractivity contribution is -0.384. The summed E-state index contributed by atoms with van der Waals surface area (Å²) in [6, 6.07) is 44.3. The van der Waals surface area contributed by atoms with Gasteiger partial charge >= 0.3 is 0 Å². The highest BCUT2D eigenvalue weighted by atomic mass is 16.6. The summed E-state index contributed by atoms with van der Waals surface area (Å²) in [6.07, 6.45) is 1.82. The molecule has 0 aliphatic carbocycles. The summed E-state index contributed by atoms with van der Waals surface area (Å²) in [5.74, 6) is 0.319. The summed E-state index contributed by atoms with van der Waals surface area (Å²) in [5.41, 5.74) is 8.27. The minimum atomic E-state index is -0.580. The Labute approximate surface area is 343 Å². The molecule has 0 fully saturated rings. The number of azo groups is 1. The third kappa shape index (κ3) is 7.88. The summed E-state index contributed by atoms with van der Waals surface area (Å²) < 4.78 is 10.8. The molecule has 60 heavy (non-hydrogen) atoms. The number of carbonyl (C=O) groups is 2. The van der Waals surface area contributed by atoms with Crippen molar-refractivity contribution in [3.8, 4) is 22.8 Å². The molecule has 294 valence electrons. The fraction of sp³-hybridized carbons (Fsp3) is 0.0435. The maximum atomic E-state index is 14.4. The number of carbonyl (C=O) groups excluding carboxylic acids is 2. The molecular formula is C46H34N8O6. The highest BCUT2D eigenvalue weighted by Gasteiger charge is 2.33. The smallest absolute Gasteiger partial charge is 0.282 e. The number of nitro benzene ring substituents is 1. The van der Waals surface area contributed by atoms with E-state index in [0.29, 0.717) is 28.6 Å². The Hall–Kier alpha value is -8.52. The monoisotopic (exact) mass is 794 g/mol. The molecule has 14 heteroatoms. The molecule has 1 aromatic heterocycles. The minimum absolute atomic E-state index is 0.0243. The molecule has 2 amide bonds. The van der Waals surface area contributed by atoms with Gasteiger partial charge in [-0.05, 0) is 66.2 Å². The third-order valence-electron chi connectivity index (χ3n) is 9.58. The second-order valence-corrected chi connectivity index (χ2v) is 13.3. The van der Waals surface area contributed by atoms with E-state index in [2.05, 4.69) is 25.7 Å². The first-order valence-corrected chi connectivity index (χ1v) is 18.5. The number of aliphatic imine (C=N–C) groups is 1. The number of ether oxygens (including phenoxy) is 2. The van der Waals surface area contributed by atoms with Crippen LogP contribution in [-0.4, -0.2) is 47.6 Å². The van der Waals surface area contributed by atoms with Crippen molar-refractivity contribution in [3.05, 3.63) is 190 Å². The molecule has 14 nitrogen and oxygen atoms in total. The average molecular weight is 795 g/mol. The van der Waals surface area contributed by atoms with E-state index in [1.807, 2.05) is 91.0 Å². The fourth-order valence-electron chi connectivity index (χ4n) is 6.64. The van der Waals surface area contributed by atoms with Crippen molar-refractivity contribution in [2.75, 3.05) is 19.1 Å². The molecule has 0 spiro atoms. The highest BCUT2D eigenvalue weighted by Crippen LogP contribution is 2.35. The fourth-order valence-corrected chi connectivity index (χ4v) is 6.64.